The second-order valence-corrected chi connectivity index (χ2v) is 6.13. The Morgan fingerprint density at radius 2 is 2.15 bits per heavy atom. The largest absolute Gasteiger partial charge is 0.366 e. The molecule has 0 aliphatic carbocycles. The maximum absolute atomic E-state index is 14.3. The molecule has 1 saturated heterocycles. The first kappa shape index (κ1) is 15.3. The van der Waals surface area contributed by atoms with Gasteiger partial charge in [0.1, 0.15) is 5.82 Å². The molecule has 2 rings (SSSR count). The normalized spacial score (nSPS) is 23.1. The van der Waals surface area contributed by atoms with E-state index in [1.807, 2.05) is 12.1 Å². The third-order valence-electron chi connectivity index (χ3n) is 4.22. The van der Waals surface area contributed by atoms with E-state index in [-0.39, 0.29) is 5.82 Å². The fraction of sp³-hybridized carbons (Fsp3) is 0.647. The standard InChI is InChI=1S/C17H27FN2/c1-4-8-19-12-15-5-6-17(16(18)11-15)20-9-7-13(2)10-14(20)3/h5-6,11,13-14,19H,4,7-10,12H2,1-3H3. The lowest BCUT2D eigenvalue weighted by molar-refractivity contribution is 0.374. The molecular formula is C17H27FN2. The number of rotatable bonds is 5. The molecule has 1 aromatic carbocycles. The fourth-order valence-corrected chi connectivity index (χ4v) is 3.07. The number of nitrogens with one attached hydrogen (secondary N) is 1. The molecule has 0 spiro atoms. The molecule has 0 radical (unpaired) electrons. The average Bonchev–Trinajstić information content (AvgIpc) is 2.40. The first-order valence-electron chi connectivity index (χ1n) is 7.87. The Hall–Kier alpha value is -1.09. The van der Waals surface area contributed by atoms with Crippen LogP contribution in [-0.4, -0.2) is 19.1 Å². The molecule has 3 heteroatoms. The summed E-state index contributed by atoms with van der Waals surface area (Å²) < 4.78 is 14.3. The molecule has 2 nitrogen and oxygen atoms in total. The molecule has 0 saturated carbocycles. The minimum Gasteiger partial charge on any atom is -0.366 e. The van der Waals surface area contributed by atoms with Crippen molar-refractivity contribution >= 4 is 5.69 Å². The van der Waals surface area contributed by atoms with Gasteiger partial charge in [0.25, 0.3) is 0 Å². The van der Waals surface area contributed by atoms with Gasteiger partial charge >= 0.3 is 0 Å². The van der Waals surface area contributed by atoms with Gasteiger partial charge in [-0.15, -0.1) is 0 Å². The second-order valence-electron chi connectivity index (χ2n) is 6.13. The minimum atomic E-state index is -0.0813. The van der Waals surface area contributed by atoms with Gasteiger partial charge in [-0.05, 0) is 56.3 Å². The summed E-state index contributed by atoms with van der Waals surface area (Å²) in [6, 6.07) is 6.11. The van der Waals surface area contributed by atoms with Crippen molar-refractivity contribution in [1.82, 2.24) is 5.32 Å². The van der Waals surface area contributed by atoms with Gasteiger partial charge in [0, 0.05) is 19.1 Å². The predicted octanol–water partition coefficient (Wildman–Crippen LogP) is 3.95. The molecular weight excluding hydrogens is 251 g/mol. The van der Waals surface area contributed by atoms with E-state index in [1.54, 1.807) is 6.07 Å². The smallest absolute Gasteiger partial charge is 0.146 e. The van der Waals surface area contributed by atoms with Crippen LogP contribution in [-0.2, 0) is 6.54 Å². The van der Waals surface area contributed by atoms with E-state index in [2.05, 4.69) is 31.0 Å². The molecule has 112 valence electrons. The number of anilines is 1. The van der Waals surface area contributed by atoms with Crippen molar-refractivity contribution < 1.29 is 4.39 Å². The van der Waals surface area contributed by atoms with E-state index in [0.717, 1.165) is 56.1 Å². The van der Waals surface area contributed by atoms with Crippen LogP contribution in [0.15, 0.2) is 18.2 Å². The maximum atomic E-state index is 14.3. The summed E-state index contributed by atoms with van der Waals surface area (Å²) in [5.74, 6) is 0.670. The highest BCUT2D eigenvalue weighted by atomic mass is 19.1. The van der Waals surface area contributed by atoms with Gasteiger partial charge in [-0.25, -0.2) is 4.39 Å². The van der Waals surface area contributed by atoms with Crippen molar-refractivity contribution in [3.8, 4) is 0 Å². The van der Waals surface area contributed by atoms with Gasteiger partial charge in [0.2, 0.25) is 0 Å². The summed E-state index contributed by atoms with van der Waals surface area (Å²) in [5, 5.41) is 3.31. The molecule has 1 fully saturated rings. The zero-order valence-electron chi connectivity index (χ0n) is 13.0. The van der Waals surface area contributed by atoms with Gasteiger partial charge in [0.05, 0.1) is 5.69 Å². The third-order valence-corrected chi connectivity index (χ3v) is 4.22. The number of nitrogens with zero attached hydrogens (tertiary/aromatic N) is 1. The number of halogens is 1. The quantitative estimate of drug-likeness (QED) is 0.820. The molecule has 20 heavy (non-hydrogen) atoms. The highest BCUT2D eigenvalue weighted by Crippen LogP contribution is 2.30. The molecule has 0 bridgehead atoms. The zero-order valence-corrected chi connectivity index (χ0v) is 13.0. The fourth-order valence-electron chi connectivity index (χ4n) is 3.07. The van der Waals surface area contributed by atoms with E-state index >= 15 is 0 Å². The Morgan fingerprint density at radius 3 is 2.80 bits per heavy atom. The van der Waals surface area contributed by atoms with Crippen LogP contribution in [0.25, 0.3) is 0 Å². The van der Waals surface area contributed by atoms with Crippen molar-refractivity contribution in [2.45, 2.75) is 52.6 Å². The molecule has 1 aromatic rings. The van der Waals surface area contributed by atoms with E-state index in [0.29, 0.717) is 6.04 Å². The molecule has 0 aromatic heterocycles. The summed E-state index contributed by atoms with van der Waals surface area (Å²) >= 11 is 0. The molecule has 2 atom stereocenters. The Bertz CT molecular complexity index is 433. The average molecular weight is 278 g/mol. The van der Waals surface area contributed by atoms with Crippen LogP contribution in [0.5, 0.6) is 0 Å². The van der Waals surface area contributed by atoms with Gasteiger partial charge < -0.3 is 10.2 Å². The van der Waals surface area contributed by atoms with E-state index in [1.165, 1.54) is 0 Å². The van der Waals surface area contributed by atoms with Gasteiger partial charge in [0.15, 0.2) is 0 Å². The maximum Gasteiger partial charge on any atom is 0.146 e. The van der Waals surface area contributed by atoms with Crippen molar-refractivity contribution in [2.24, 2.45) is 5.92 Å². The van der Waals surface area contributed by atoms with Crippen LogP contribution in [0.1, 0.15) is 45.6 Å². The molecule has 1 aliphatic heterocycles. The summed E-state index contributed by atoms with van der Waals surface area (Å²) in [4.78, 5) is 2.22. The van der Waals surface area contributed by atoms with Gasteiger partial charge in [-0.2, -0.15) is 0 Å². The lowest BCUT2D eigenvalue weighted by Crippen LogP contribution is -2.40. The Labute approximate surface area is 122 Å². The number of piperidine rings is 1. The van der Waals surface area contributed by atoms with Crippen LogP contribution < -0.4 is 10.2 Å². The molecule has 1 heterocycles. The molecule has 1 N–H and O–H groups in total. The van der Waals surface area contributed by atoms with Crippen LogP contribution in [0.2, 0.25) is 0 Å². The van der Waals surface area contributed by atoms with Gasteiger partial charge in [-0.3, -0.25) is 0 Å². The van der Waals surface area contributed by atoms with Crippen LogP contribution in [0.3, 0.4) is 0 Å². The zero-order chi connectivity index (χ0) is 14.5. The van der Waals surface area contributed by atoms with Crippen molar-refractivity contribution in [3.05, 3.63) is 29.6 Å². The highest BCUT2D eigenvalue weighted by Gasteiger charge is 2.24. The number of hydrogen-bond donors (Lipinski definition) is 1. The van der Waals surface area contributed by atoms with Crippen molar-refractivity contribution in [2.75, 3.05) is 18.0 Å². The number of hydrogen-bond acceptors (Lipinski definition) is 2. The number of benzene rings is 1. The third kappa shape index (κ3) is 3.72. The summed E-state index contributed by atoms with van der Waals surface area (Å²) in [7, 11) is 0. The SMILES string of the molecule is CCCNCc1ccc(N2CCC(C)CC2C)c(F)c1. The van der Waals surface area contributed by atoms with Crippen molar-refractivity contribution in [3.63, 3.8) is 0 Å². The minimum absolute atomic E-state index is 0.0813. The lowest BCUT2D eigenvalue weighted by atomic mass is 9.93. The van der Waals surface area contributed by atoms with Crippen molar-refractivity contribution in [1.29, 1.82) is 0 Å². The van der Waals surface area contributed by atoms with Crippen LogP contribution in [0, 0.1) is 11.7 Å². The first-order valence-corrected chi connectivity index (χ1v) is 7.87. The second kappa shape index (κ2) is 7.07. The lowest BCUT2D eigenvalue weighted by Gasteiger charge is -2.38. The predicted molar refractivity (Wildman–Crippen MR) is 83.6 cm³/mol. The Kier molecular flexibility index (Phi) is 5.41. The first-order chi connectivity index (χ1) is 9.61. The molecule has 2 unspecified atom stereocenters. The van der Waals surface area contributed by atoms with Gasteiger partial charge in [-0.1, -0.05) is 19.9 Å². The van der Waals surface area contributed by atoms with E-state index < -0.39 is 0 Å². The van der Waals surface area contributed by atoms with E-state index in [4.69, 9.17) is 0 Å². The molecule has 1 aliphatic rings. The summed E-state index contributed by atoms with van der Waals surface area (Å²) in [5.41, 5.74) is 1.79. The Morgan fingerprint density at radius 1 is 1.35 bits per heavy atom. The summed E-state index contributed by atoms with van der Waals surface area (Å²) in [6.07, 6.45) is 3.41. The molecule has 0 amide bonds. The van der Waals surface area contributed by atoms with Crippen LogP contribution in [0.4, 0.5) is 10.1 Å². The summed E-state index contributed by atoms with van der Waals surface area (Å²) in [6.45, 7) is 9.31. The Balaban J connectivity index is 2.05. The topological polar surface area (TPSA) is 15.3 Å². The van der Waals surface area contributed by atoms with Crippen LogP contribution >= 0.6 is 0 Å². The van der Waals surface area contributed by atoms with E-state index in [9.17, 15) is 4.39 Å². The highest BCUT2D eigenvalue weighted by molar-refractivity contribution is 5.50. The monoisotopic (exact) mass is 278 g/mol.